The highest BCUT2D eigenvalue weighted by Gasteiger charge is 2.35. The van der Waals surface area contributed by atoms with Crippen molar-refractivity contribution in [1.82, 2.24) is 24.6 Å². The molecule has 0 amide bonds. The number of fused-ring (bicyclic) bond motifs is 1. The van der Waals surface area contributed by atoms with Crippen LogP contribution in [0.4, 0.5) is 13.2 Å². The van der Waals surface area contributed by atoms with E-state index in [1.54, 1.807) is 9.25 Å². The number of hydrogen-bond donors (Lipinski definition) is 1. The Bertz CT molecular complexity index is 778. The molecule has 5 nitrogen and oxygen atoms in total. The molecule has 2 aromatic rings. The third-order valence-electron chi connectivity index (χ3n) is 4.76. The average Bonchev–Trinajstić information content (AvgIpc) is 3.10. The van der Waals surface area contributed by atoms with Crippen molar-refractivity contribution in [3.63, 3.8) is 0 Å². The normalized spacial score (nSPS) is 17.8. The van der Waals surface area contributed by atoms with E-state index in [1.165, 1.54) is 0 Å². The number of hydrogen-bond acceptors (Lipinski definition) is 3. The van der Waals surface area contributed by atoms with Crippen molar-refractivity contribution >= 4 is 11.6 Å². The summed E-state index contributed by atoms with van der Waals surface area (Å²) in [6.45, 7) is 6.00. The molecular weight excluding hydrogens is 367 g/mol. The van der Waals surface area contributed by atoms with Crippen LogP contribution in [0.5, 0.6) is 0 Å². The summed E-state index contributed by atoms with van der Waals surface area (Å²) >= 11 is 6.33. The first kappa shape index (κ1) is 19.2. The highest BCUT2D eigenvalue weighted by atomic mass is 35.5. The Hall–Kier alpha value is -1.54. The fourth-order valence-corrected chi connectivity index (χ4v) is 3.61. The first-order chi connectivity index (χ1) is 12.2. The van der Waals surface area contributed by atoms with Crippen molar-refractivity contribution in [3.8, 4) is 0 Å². The zero-order valence-electron chi connectivity index (χ0n) is 15.1. The molecule has 0 aromatic carbocycles. The molecule has 1 N–H and O–H groups in total. The standard InChI is InChI=1S/C17H23ClF3N5/c1-10(2)15-12(16(18)25(3)24-15)7-22-6-11-4-5-14-23-13(17(19,20)21)9-26(14)8-11/h9-11,22H,4-8H2,1-3H3. The van der Waals surface area contributed by atoms with Crippen LogP contribution in [-0.2, 0) is 32.7 Å². The SMILES string of the molecule is CC(C)c1nn(C)c(Cl)c1CNCC1CCc2nc(C(F)(F)F)cn2C1. The van der Waals surface area contributed by atoms with Gasteiger partial charge in [0, 0.05) is 38.3 Å². The van der Waals surface area contributed by atoms with Crippen LogP contribution < -0.4 is 5.32 Å². The van der Waals surface area contributed by atoms with Gasteiger partial charge in [0.15, 0.2) is 5.69 Å². The lowest BCUT2D eigenvalue weighted by Crippen LogP contribution is -2.30. The summed E-state index contributed by atoms with van der Waals surface area (Å²) in [6.07, 6.45) is -1.88. The van der Waals surface area contributed by atoms with Crippen molar-refractivity contribution in [1.29, 1.82) is 0 Å². The molecule has 1 atom stereocenters. The zero-order chi connectivity index (χ0) is 19.1. The van der Waals surface area contributed by atoms with Gasteiger partial charge in [0.1, 0.15) is 11.0 Å². The van der Waals surface area contributed by atoms with Gasteiger partial charge in [-0.3, -0.25) is 4.68 Å². The first-order valence-corrected chi connectivity index (χ1v) is 9.09. The van der Waals surface area contributed by atoms with Crippen molar-refractivity contribution in [2.24, 2.45) is 13.0 Å². The van der Waals surface area contributed by atoms with E-state index in [-0.39, 0.29) is 11.8 Å². The monoisotopic (exact) mass is 389 g/mol. The summed E-state index contributed by atoms with van der Waals surface area (Å²) in [5.74, 6) is 1.05. The molecule has 9 heteroatoms. The molecule has 0 bridgehead atoms. The highest BCUT2D eigenvalue weighted by Crippen LogP contribution is 2.31. The van der Waals surface area contributed by atoms with Gasteiger partial charge in [-0.2, -0.15) is 18.3 Å². The minimum Gasteiger partial charge on any atom is -0.334 e. The summed E-state index contributed by atoms with van der Waals surface area (Å²) in [6, 6.07) is 0. The van der Waals surface area contributed by atoms with E-state index in [2.05, 4.69) is 29.2 Å². The maximum atomic E-state index is 12.8. The molecule has 1 unspecified atom stereocenters. The van der Waals surface area contributed by atoms with Crippen LogP contribution in [0, 0.1) is 5.92 Å². The molecule has 0 saturated heterocycles. The summed E-state index contributed by atoms with van der Waals surface area (Å²) in [5.41, 5.74) is 1.16. The molecule has 3 rings (SSSR count). The third kappa shape index (κ3) is 3.91. The first-order valence-electron chi connectivity index (χ1n) is 8.72. The van der Waals surface area contributed by atoms with E-state index >= 15 is 0 Å². The molecule has 1 aliphatic rings. The van der Waals surface area contributed by atoms with Gasteiger partial charge in [0.2, 0.25) is 0 Å². The summed E-state index contributed by atoms with van der Waals surface area (Å²) < 4.78 is 41.7. The molecule has 2 aromatic heterocycles. The van der Waals surface area contributed by atoms with Crippen molar-refractivity contribution in [2.45, 2.75) is 51.9 Å². The van der Waals surface area contributed by atoms with Crippen LogP contribution in [0.1, 0.15) is 49.0 Å². The molecule has 0 aliphatic carbocycles. The van der Waals surface area contributed by atoms with E-state index in [0.717, 1.165) is 23.9 Å². The Kier molecular flexibility index (Phi) is 5.35. The van der Waals surface area contributed by atoms with Gasteiger partial charge < -0.3 is 9.88 Å². The molecule has 0 fully saturated rings. The predicted molar refractivity (Wildman–Crippen MR) is 93.1 cm³/mol. The van der Waals surface area contributed by atoms with Crippen LogP contribution in [0.2, 0.25) is 5.15 Å². The van der Waals surface area contributed by atoms with Crippen LogP contribution in [0.3, 0.4) is 0 Å². The number of halogens is 4. The molecule has 26 heavy (non-hydrogen) atoms. The maximum Gasteiger partial charge on any atom is 0.434 e. The van der Waals surface area contributed by atoms with E-state index in [9.17, 15) is 13.2 Å². The second kappa shape index (κ2) is 7.23. The molecule has 1 aliphatic heterocycles. The van der Waals surface area contributed by atoms with Crippen LogP contribution >= 0.6 is 11.6 Å². The number of nitrogens with zero attached hydrogens (tertiary/aromatic N) is 4. The molecular formula is C17H23ClF3N5. The minimum absolute atomic E-state index is 0.260. The lowest BCUT2D eigenvalue weighted by molar-refractivity contribution is -0.141. The third-order valence-corrected chi connectivity index (χ3v) is 5.24. The van der Waals surface area contributed by atoms with Gasteiger partial charge in [0.05, 0.1) is 5.69 Å². The minimum atomic E-state index is -4.39. The number of nitrogens with one attached hydrogen (secondary N) is 1. The van der Waals surface area contributed by atoms with Gasteiger partial charge in [-0.05, 0) is 24.8 Å². The summed E-state index contributed by atoms with van der Waals surface area (Å²) in [7, 11) is 1.82. The smallest absolute Gasteiger partial charge is 0.334 e. The molecule has 0 saturated carbocycles. The van der Waals surface area contributed by atoms with Crippen molar-refractivity contribution in [3.05, 3.63) is 34.1 Å². The number of imidazole rings is 1. The average molecular weight is 390 g/mol. The molecule has 0 spiro atoms. The van der Waals surface area contributed by atoms with Crippen molar-refractivity contribution in [2.75, 3.05) is 6.54 Å². The number of aromatic nitrogens is 4. The van der Waals surface area contributed by atoms with Gasteiger partial charge in [-0.15, -0.1) is 0 Å². The van der Waals surface area contributed by atoms with Crippen LogP contribution in [0.25, 0.3) is 0 Å². The van der Waals surface area contributed by atoms with E-state index < -0.39 is 11.9 Å². The fraction of sp³-hybridized carbons (Fsp3) is 0.647. The van der Waals surface area contributed by atoms with Gasteiger partial charge >= 0.3 is 6.18 Å². The van der Waals surface area contributed by atoms with Crippen LogP contribution in [0.15, 0.2) is 6.20 Å². The lowest BCUT2D eigenvalue weighted by Gasteiger charge is -2.24. The Labute approximate surface area is 155 Å². The molecule has 3 heterocycles. The summed E-state index contributed by atoms with van der Waals surface area (Å²) in [4.78, 5) is 3.72. The Morgan fingerprint density at radius 2 is 2.12 bits per heavy atom. The quantitative estimate of drug-likeness (QED) is 0.846. The van der Waals surface area contributed by atoms with Gasteiger partial charge in [-0.25, -0.2) is 4.98 Å². The largest absolute Gasteiger partial charge is 0.434 e. The van der Waals surface area contributed by atoms with Gasteiger partial charge in [-0.1, -0.05) is 25.4 Å². The lowest BCUT2D eigenvalue weighted by atomic mass is 9.99. The van der Waals surface area contributed by atoms with E-state index in [1.807, 2.05) is 7.05 Å². The van der Waals surface area contributed by atoms with E-state index in [0.29, 0.717) is 37.0 Å². The van der Waals surface area contributed by atoms with Crippen molar-refractivity contribution < 1.29 is 13.2 Å². The Morgan fingerprint density at radius 1 is 1.38 bits per heavy atom. The second-order valence-electron chi connectivity index (χ2n) is 7.16. The van der Waals surface area contributed by atoms with Gasteiger partial charge in [0.25, 0.3) is 0 Å². The fourth-order valence-electron chi connectivity index (χ4n) is 3.41. The van der Waals surface area contributed by atoms with E-state index in [4.69, 9.17) is 11.6 Å². The number of aryl methyl sites for hydroxylation is 2. The second-order valence-corrected chi connectivity index (χ2v) is 7.52. The Balaban J connectivity index is 1.60. The molecule has 0 radical (unpaired) electrons. The number of alkyl halides is 3. The number of rotatable bonds is 5. The Morgan fingerprint density at radius 3 is 2.77 bits per heavy atom. The summed E-state index contributed by atoms with van der Waals surface area (Å²) in [5, 5.41) is 8.47. The predicted octanol–water partition coefficient (Wildman–Crippen LogP) is 3.76. The van der Waals surface area contributed by atoms with Crippen LogP contribution in [-0.4, -0.2) is 25.9 Å². The molecule has 144 valence electrons. The highest BCUT2D eigenvalue weighted by molar-refractivity contribution is 6.30. The maximum absolute atomic E-state index is 12.8. The zero-order valence-corrected chi connectivity index (χ0v) is 15.8. The topological polar surface area (TPSA) is 47.7 Å².